The molecule has 0 aromatic carbocycles. The Labute approximate surface area is 115 Å². The summed E-state index contributed by atoms with van der Waals surface area (Å²) in [7, 11) is -1.71. The fourth-order valence-electron chi connectivity index (χ4n) is 3.62. The monoisotopic (exact) mass is 289 g/mol. The van der Waals surface area contributed by atoms with Crippen molar-refractivity contribution in [2.24, 2.45) is 5.41 Å². The third kappa shape index (κ3) is 2.18. The van der Waals surface area contributed by atoms with Crippen molar-refractivity contribution in [2.45, 2.75) is 62.2 Å². The summed E-state index contributed by atoms with van der Waals surface area (Å²) in [5.74, 6) is -0.120. The summed E-state index contributed by atoms with van der Waals surface area (Å²) in [4.78, 5) is 11.9. The highest BCUT2D eigenvalue weighted by atomic mass is 32.2. The van der Waals surface area contributed by atoms with Crippen molar-refractivity contribution in [1.82, 2.24) is 4.72 Å². The third-order valence-corrected chi connectivity index (χ3v) is 7.25. The van der Waals surface area contributed by atoms with Crippen molar-refractivity contribution in [3.8, 4) is 0 Å². The van der Waals surface area contributed by atoms with E-state index in [-0.39, 0.29) is 23.6 Å². The minimum atomic E-state index is -3.14. The topological polar surface area (TPSA) is 72.5 Å². The van der Waals surface area contributed by atoms with Crippen molar-refractivity contribution in [3.63, 3.8) is 0 Å². The minimum absolute atomic E-state index is 0. The van der Waals surface area contributed by atoms with Gasteiger partial charge in [0, 0.05) is 6.97 Å². The van der Waals surface area contributed by atoms with Crippen LogP contribution in [0.1, 0.15) is 52.8 Å². The maximum Gasteiger partial charge on any atom is 0.311 e. The lowest BCUT2D eigenvalue weighted by Gasteiger charge is -2.51. The number of hydrogen-bond acceptors (Lipinski definition) is 4. The van der Waals surface area contributed by atoms with Crippen LogP contribution in [-0.4, -0.2) is 32.3 Å². The number of fused-ring (bicyclic) bond motifs is 3. The van der Waals surface area contributed by atoms with Gasteiger partial charge < -0.3 is 4.74 Å². The predicted octanol–water partition coefficient (Wildman–Crippen LogP) is 1.58. The average Bonchev–Trinajstić information content (AvgIpc) is 3.23. The van der Waals surface area contributed by atoms with E-state index in [1.807, 2.05) is 0 Å². The van der Waals surface area contributed by atoms with Gasteiger partial charge in [0.1, 0.15) is 0 Å². The average molecular weight is 289 g/mol. The molecule has 0 spiro atoms. The molecule has 4 fully saturated rings. The Bertz CT molecular complexity index is 476. The van der Waals surface area contributed by atoms with Crippen LogP contribution in [0.2, 0.25) is 0 Å². The van der Waals surface area contributed by atoms with Gasteiger partial charge in [0.2, 0.25) is 10.0 Å². The van der Waals surface area contributed by atoms with Crippen molar-refractivity contribution >= 4 is 16.0 Å². The van der Waals surface area contributed by atoms with Crippen LogP contribution in [0.4, 0.5) is 0 Å². The predicted molar refractivity (Wildman–Crippen MR) is 72.1 cm³/mol. The van der Waals surface area contributed by atoms with E-state index in [0.29, 0.717) is 0 Å². The second-order valence-electron chi connectivity index (χ2n) is 6.40. The zero-order valence-electron chi connectivity index (χ0n) is 11.3. The molecule has 4 aliphatic carbocycles. The van der Waals surface area contributed by atoms with Crippen molar-refractivity contribution in [2.75, 3.05) is 7.11 Å². The highest BCUT2D eigenvalue weighted by Crippen LogP contribution is 2.53. The molecule has 0 aromatic heterocycles. The van der Waals surface area contributed by atoms with E-state index in [0.717, 1.165) is 51.4 Å². The number of ether oxygens (including phenoxy) is 1. The highest BCUT2D eigenvalue weighted by molar-refractivity contribution is 7.90. The summed E-state index contributed by atoms with van der Waals surface area (Å²) in [6, 6.07) is 0. The Morgan fingerprint density at radius 1 is 1.16 bits per heavy atom. The molecule has 0 atom stereocenters. The number of hydrogen-bond donors (Lipinski definition) is 1. The van der Waals surface area contributed by atoms with Crippen molar-refractivity contribution in [1.29, 1.82) is 0 Å². The van der Waals surface area contributed by atoms with Gasteiger partial charge in [-0.3, -0.25) is 4.79 Å². The first kappa shape index (κ1) is 13.4. The lowest BCUT2D eigenvalue weighted by molar-refractivity contribution is -0.160. The molecule has 110 valence electrons. The number of rotatable bonds is 4. The molecule has 5 nitrogen and oxygen atoms in total. The van der Waals surface area contributed by atoms with E-state index in [9.17, 15) is 13.2 Å². The van der Waals surface area contributed by atoms with E-state index in [4.69, 9.17) is 4.74 Å². The quantitative estimate of drug-likeness (QED) is 0.798. The number of sulfonamides is 1. The maximum atomic E-state index is 12.1. The molecule has 4 saturated carbocycles. The minimum Gasteiger partial charge on any atom is -0.469 e. The number of carbonyl (C=O) groups is 1. The molecular formula is C13H23NO4S. The van der Waals surface area contributed by atoms with Gasteiger partial charge in [-0.15, -0.1) is 0 Å². The highest BCUT2D eigenvalue weighted by Gasteiger charge is 2.55. The summed E-state index contributed by atoms with van der Waals surface area (Å²) in [5, 5.41) is -0.170. The zero-order chi connectivity index (χ0) is 13.7. The first-order valence-corrected chi connectivity index (χ1v) is 8.57. The van der Waals surface area contributed by atoms with E-state index < -0.39 is 10.0 Å². The molecule has 0 aromatic rings. The van der Waals surface area contributed by atoms with Crippen LogP contribution in [0, 0.1) is 5.41 Å². The Morgan fingerprint density at radius 3 is 2.11 bits per heavy atom. The molecule has 0 heterocycles. The third-order valence-electron chi connectivity index (χ3n) is 5.19. The molecule has 0 saturated heterocycles. The van der Waals surface area contributed by atoms with E-state index in [1.165, 1.54) is 7.11 Å². The molecular weight excluding hydrogens is 266 g/mol. The molecule has 0 unspecified atom stereocenters. The molecule has 6 heteroatoms. The largest absolute Gasteiger partial charge is 0.469 e. The van der Waals surface area contributed by atoms with Crippen LogP contribution in [0.5, 0.6) is 0 Å². The first-order chi connectivity index (χ1) is 8.91. The van der Waals surface area contributed by atoms with Gasteiger partial charge in [-0.1, -0.05) is 0 Å². The van der Waals surface area contributed by atoms with Crippen LogP contribution in [0.3, 0.4) is 0 Å². The first-order valence-electron chi connectivity index (χ1n) is 7.03. The van der Waals surface area contributed by atoms with Crippen LogP contribution in [-0.2, 0) is 19.6 Å². The van der Waals surface area contributed by atoms with Gasteiger partial charge in [-0.05, 0) is 51.4 Å². The van der Waals surface area contributed by atoms with E-state index in [1.54, 1.807) is 0 Å². The lowest BCUT2D eigenvalue weighted by Crippen LogP contribution is -2.58. The Balaban J connectivity index is 0.00000147. The number of carbonyl (C=O) groups excluding carboxylic acids is 1. The standard InChI is InChI=1S/C13H21NO4S.H2/c1-18-11(15)12-4-7-13(8-5-12,9-6-12)14-19(16,17)10-2-3-10;/h10,14H,2-9H2,1H3;1H. The van der Waals surface area contributed by atoms with Crippen LogP contribution in [0.25, 0.3) is 0 Å². The normalized spacial score (nSPS) is 38.2. The summed E-state index contributed by atoms with van der Waals surface area (Å²) >= 11 is 0. The second kappa shape index (κ2) is 4.19. The zero-order valence-corrected chi connectivity index (χ0v) is 12.1. The smallest absolute Gasteiger partial charge is 0.311 e. The molecule has 2 bridgehead atoms. The van der Waals surface area contributed by atoms with Gasteiger partial charge in [-0.25, -0.2) is 13.1 Å². The van der Waals surface area contributed by atoms with E-state index >= 15 is 0 Å². The molecule has 19 heavy (non-hydrogen) atoms. The van der Waals surface area contributed by atoms with Crippen molar-refractivity contribution < 1.29 is 19.4 Å². The second-order valence-corrected chi connectivity index (χ2v) is 8.36. The van der Waals surface area contributed by atoms with Crippen LogP contribution < -0.4 is 4.72 Å². The van der Waals surface area contributed by atoms with Crippen LogP contribution in [0.15, 0.2) is 0 Å². The maximum absolute atomic E-state index is 12.1. The van der Waals surface area contributed by atoms with Crippen LogP contribution >= 0.6 is 0 Å². The van der Waals surface area contributed by atoms with Gasteiger partial charge in [-0.2, -0.15) is 0 Å². The molecule has 1 N–H and O–H groups in total. The summed E-state index contributed by atoms with van der Waals surface area (Å²) in [6.45, 7) is 0. The Hall–Kier alpha value is -0.620. The van der Waals surface area contributed by atoms with Gasteiger partial charge in [0.15, 0.2) is 0 Å². The number of nitrogens with one attached hydrogen (secondary N) is 1. The van der Waals surface area contributed by atoms with E-state index in [2.05, 4.69) is 4.72 Å². The van der Waals surface area contributed by atoms with Gasteiger partial charge in [0.25, 0.3) is 0 Å². The summed E-state index contributed by atoms with van der Waals surface area (Å²) in [5.41, 5.74) is -0.640. The SMILES string of the molecule is COC(=O)C12CCC(NS(=O)(=O)C3CC3)(CC1)CC2.[HH]. The fraction of sp³-hybridized carbons (Fsp3) is 0.923. The number of methoxy groups -OCH3 is 1. The summed E-state index contributed by atoms with van der Waals surface area (Å²) in [6.07, 6.45) is 6.08. The number of esters is 1. The lowest BCUT2D eigenvalue weighted by atomic mass is 9.57. The fourth-order valence-corrected chi connectivity index (χ4v) is 5.46. The molecule has 0 aliphatic heterocycles. The van der Waals surface area contributed by atoms with Crippen molar-refractivity contribution in [3.05, 3.63) is 0 Å². The summed E-state index contributed by atoms with van der Waals surface area (Å²) < 4.78 is 32.1. The molecule has 0 amide bonds. The Morgan fingerprint density at radius 2 is 1.68 bits per heavy atom. The van der Waals surface area contributed by atoms with Gasteiger partial charge >= 0.3 is 5.97 Å². The van der Waals surface area contributed by atoms with Gasteiger partial charge in [0.05, 0.1) is 17.8 Å². The molecule has 4 rings (SSSR count). The molecule has 4 aliphatic rings. The molecule has 0 radical (unpaired) electrons. The Kier molecular flexibility index (Phi) is 2.94.